The van der Waals surface area contributed by atoms with Crippen LogP contribution >= 0.6 is 0 Å². The Balaban J connectivity index is 2.20. The second-order valence-electron chi connectivity index (χ2n) is 4.95. The Morgan fingerprint density at radius 3 is 2.95 bits per heavy atom. The zero-order valence-corrected chi connectivity index (χ0v) is 11.1. The molecule has 3 rings (SSSR count). The maximum absolute atomic E-state index is 11.5. The molecule has 7 nitrogen and oxygen atoms in total. The Morgan fingerprint density at radius 1 is 1.43 bits per heavy atom. The number of pyridine rings is 1. The molecule has 1 fully saturated rings. The van der Waals surface area contributed by atoms with Gasteiger partial charge in [-0.05, 0) is 37.1 Å². The number of carboxylic acid groups (broad SMARTS) is 1. The Morgan fingerprint density at radius 2 is 2.24 bits per heavy atom. The largest absolute Gasteiger partial charge is 0.480 e. The van der Waals surface area contributed by atoms with Crippen LogP contribution < -0.4 is 4.90 Å². The molecule has 2 heterocycles. The lowest BCUT2D eigenvalue weighted by Crippen LogP contribution is -2.36. The lowest BCUT2D eigenvalue weighted by molar-refractivity contribution is -0.382. The number of aliphatic carboxylic acids is 1. The highest BCUT2D eigenvalue weighted by atomic mass is 16.6. The zero-order valence-electron chi connectivity index (χ0n) is 11.1. The van der Waals surface area contributed by atoms with Crippen LogP contribution in [0.3, 0.4) is 0 Å². The molecule has 0 spiro atoms. The minimum absolute atomic E-state index is 0.0752. The van der Waals surface area contributed by atoms with Crippen molar-refractivity contribution >= 4 is 28.2 Å². The van der Waals surface area contributed by atoms with Gasteiger partial charge in [-0.25, -0.2) is 4.79 Å². The van der Waals surface area contributed by atoms with Crippen LogP contribution in [-0.4, -0.2) is 33.6 Å². The second kappa shape index (κ2) is 5.01. The molecule has 0 saturated carbocycles. The summed E-state index contributed by atoms with van der Waals surface area (Å²) in [6.07, 6.45) is 2.78. The average molecular weight is 287 g/mol. The maximum atomic E-state index is 11.5. The van der Waals surface area contributed by atoms with Crippen LogP contribution in [0.5, 0.6) is 0 Å². The molecule has 21 heavy (non-hydrogen) atoms. The molecule has 1 saturated heterocycles. The summed E-state index contributed by atoms with van der Waals surface area (Å²) in [5, 5.41) is 21.2. The number of hydrogen-bond donors (Lipinski definition) is 1. The lowest BCUT2D eigenvalue weighted by Gasteiger charge is -2.23. The summed E-state index contributed by atoms with van der Waals surface area (Å²) in [5.41, 5.74) is 0.804. The van der Waals surface area contributed by atoms with E-state index >= 15 is 0 Å². The van der Waals surface area contributed by atoms with E-state index in [1.54, 1.807) is 35.4 Å². The number of anilines is 1. The molecule has 7 heteroatoms. The van der Waals surface area contributed by atoms with E-state index in [1.165, 1.54) is 0 Å². The Bertz CT molecular complexity index is 731. The third-order valence-electron chi connectivity index (χ3n) is 3.77. The van der Waals surface area contributed by atoms with Crippen molar-refractivity contribution in [3.8, 4) is 0 Å². The quantitative estimate of drug-likeness (QED) is 0.686. The van der Waals surface area contributed by atoms with Crippen LogP contribution in [0.25, 0.3) is 10.9 Å². The van der Waals surface area contributed by atoms with E-state index in [9.17, 15) is 20.0 Å². The van der Waals surface area contributed by atoms with E-state index < -0.39 is 16.9 Å². The molecule has 1 aromatic carbocycles. The van der Waals surface area contributed by atoms with Crippen LogP contribution in [0, 0.1) is 10.1 Å². The highest BCUT2D eigenvalue weighted by Gasteiger charge is 2.35. The summed E-state index contributed by atoms with van der Waals surface area (Å²) in [7, 11) is 0. The summed E-state index contributed by atoms with van der Waals surface area (Å²) >= 11 is 0. The number of carbonyl (C=O) groups is 1. The fraction of sp³-hybridized carbons (Fsp3) is 0.286. The number of nitro groups is 1. The van der Waals surface area contributed by atoms with Gasteiger partial charge in [0.1, 0.15) is 11.7 Å². The number of fused-ring (bicyclic) bond motifs is 1. The van der Waals surface area contributed by atoms with Crippen molar-refractivity contribution < 1.29 is 14.8 Å². The molecule has 0 bridgehead atoms. The van der Waals surface area contributed by atoms with E-state index in [0.29, 0.717) is 36.0 Å². The van der Waals surface area contributed by atoms with Gasteiger partial charge in [-0.1, -0.05) is 0 Å². The molecule has 0 aliphatic carbocycles. The molecular formula is C14H13N3O4. The minimum Gasteiger partial charge on any atom is -0.480 e. The van der Waals surface area contributed by atoms with Crippen LogP contribution in [0.1, 0.15) is 12.8 Å². The van der Waals surface area contributed by atoms with Gasteiger partial charge in [0.2, 0.25) is 0 Å². The first kappa shape index (κ1) is 13.3. The molecule has 1 N–H and O–H groups in total. The molecule has 108 valence electrons. The van der Waals surface area contributed by atoms with Crippen molar-refractivity contribution in [2.24, 2.45) is 0 Å². The van der Waals surface area contributed by atoms with Gasteiger partial charge in [0.05, 0.1) is 15.8 Å². The first-order chi connectivity index (χ1) is 10.1. The second-order valence-corrected chi connectivity index (χ2v) is 4.95. The Kier molecular flexibility index (Phi) is 3.17. The third kappa shape index (κ3) is 2.16. The predicted molar refractivity (Wildman–Crippen MR) is 76.4 cm³/mol. The maximum Gasteiger partial charge on any atom is 0.326 e. The highest BCUT2D eigenvalue weighted by molar-refractivity contribution is 5.95. The number of benzene rings is 1. The van der Waals surface area contributed by atoms with Crippen LogP contribution in [0.15, 0.2) is 30.5 Å². The number of hydrogen-bond acceptors (Lipinski definition) is 5. The van der Waals surface area contributed by atoms with Gasteiger partial charge >= 0.3 is 11.7 Å². The fourth-order valence-corrected chi connectivity index (χ4v) is 2.86. The van der Waals surface area contributed by atoms with Gasteiger partial charge in [0.15, 0.2) is 0 Å². The van der Waals surface area contributed by atoms with E-state index in [0.717, 1.165) is 0 Å². The monoisotopic (exact) mass is 287 g/mol. The smallest absolute Gasteiger partial charge is 0.326 e. The van der Waals surface area contributed by atoms with Crippen LogP contribution in [0.2, 0.25) is 0 Å². The van der Waals surface area contributed by atoms with Gasteiger partial charge in [0, 0.05) is 12.7 Å². The molecule has 0 radical (unpaired) electrons. The van der Waals surface area contributed by atoms with E-state index in [-0.39, 0.29) is 5.69 Å². The van der Waals surface area contributed by atoms with Gasteiger partial charge in [-0.15, -0.1) is 0 Å². The first-order valence-electron chi connectivity index (χ1n) is 6.61. The Labute approximate surface area is 120 Å². The van der Waals surface area contributed by atoms with Crippen LogP contribution in [-0.2, 0) is 4.79 Å². The SMILES string of the molecule is O=C(O)C1CCCN1c1ccc2ncccc2c1[N+](=O)[O-]. The molecule has 0 amide bonds. The minimum atomic E-state index is -0.951. The standard InChI is InChI=1S/C14H13N3O4/c18-14(19)12-4-2-8-16(12)11-6-5-10-9(3-1-7-15-10)13(11)17(20)21/h1,3,5-7,12H,2,4,8H2,(H,18,19). The first-order valence-corrected chi connectivity index (χ1v) is 6.61. The number of carboxylic acids is 1. The van der Waals surface area contributed by atoms with Crippen molar-refractivity contribution in [2.45, 2.75) is 18.9 Å². The van der Waals surface area contributed by atoms with Gasteiger partial charge in [-0.2, -0.15) is 0 Å². The number of nitrogens with zero attached hydrogens (tertiary/aromatic N) is 3. The van der Waals surface area contributed by atoms with Crippen LogP contribution in [0.4, 0.5) is 11.4 Å². The van der Waals surface area contributed by atoms with E-state index in [1.807, 2.05) is 0 Å². The van der Waals surface area contributed by atoms with Crippen molar-refractivity contribution in [2.75, 3.05) is 11.4 Å². The molecular weight excluding hydrogens is 274 g/mol. The van der Waals surface area contributed by atoms with Crippen molar-refractivity contribution in [1.82, 2.24) is 4.98 Å². The number of rotatable bonds is 3. The van der Waals surface area contributed by atoms with Gasteiger partial charge < -0.3 is 10.0 Å². The van der Waals surface area contributed by atoms with Crippen molar-refractivity contribution in [3.05, 3.63) is 40.6 Å². The summed E-state index contributed by atoms with van der Waals surface area (Å²) < 4.78 is 0. The predicted octanol–water partition coefficient (Wildman–Crippen LogP) is 2.20. The summed E-state index contributed by atoms with van der Waals surface area (Å²) in [6, 6.07) is 5.84. The van der Waals surface area contributed by atoms with Gasteiger partial charge in [0.25, 0.3) is 0 Å². The number of nitro benzene ring substituents is 1. The van der Waals surface area contributed by atoms with Gasteiger partial charge in [-0.3, -0.25) is 15.1 Å². The molecule has 1 aromatic heterocycles. The number of aromatic nitrogens is 1. The molecule has 2 aromatic rings. The molecule has 1 aliphatic heterocycles. The molecule has 1 aliphatic rings. The molecule has 1 atom stereocenters. The third-order valence-corrected chi connectivity index (χ3v) is 3.77. The van der Waals surface area contributed by atoms with Crippen molar-refractivity contribution in [1.29, 1.82) is 0 Å². The summed E-state index contributed by atoms with van der Waals surface area (Å²) in [5.74, 6) is -0.951. The summed E-state index contributed by atoms with van der Waals surface area (Å²) in [6.45, 7) is 0.504. The van der Waals surface area contributed by atoms with Crippen molar-refractivity contribution in [3.63, 3.8) is 0 Å². The summed E-state index contributed by atoms with van der Waals surface area (Å²) in [4.78, 5) is 28.0. The Hall–Kier alpha value is -2.70. The normalized spacial score (nSPS) is 18.1. The topological polar surface area (TPSA) is 96.6 Å². The fourth-order valence-electron chi connectivity index (χ4n) is 2.86. The van der Waals surface area contributed by atoms with E-state index in [4.69, 9.17) is 0 Å². The van der Waals surface area contributed by atoms with E-state index in [2.05, 4.69) is 4.98 Å². The zero-order chi connectivity index (χ0) is 15.0. The highest BCUT2D eigenvalue weighted by Crippen LogP contribution is 2.38. The lowest BCUT2D eigenvalue weighted by atomic mass is 10.1. The molecule has 1 unspecified atom stereocenters. The average Bonchev–Trinajstić information content (AvgIpc) is 2.95.